The molecule has 1 aliphatic rings. The maximum Gasteiger partial charge on any atom is 0.364 e. The molecule has 1 saturated heterocycles. The van der Waals surface area contributed by atoms with E-state index in [9.17, 15) is 9.67 Å². The fourth-order valence-corrected chi connectivity index (χ4v) is 4.54. The zero-order valence-electron chi connectivity index (χ0n) is 9.33. The Labute approximate surface area is 110 Å². The summed E-state index contributed by atoms with van der Waals surface area (Å²) < 4.78 is 20.7. The molecule has 4 nitrogen and oxygen atoms in total. The van der Waals surface area contributed by atoms with Crippen LogP contribution in [0.25, 0.3) is 0 Å². The summed E-state index contributed by atoms with van der Waals surface area (Å²) in [6.07, 6.45) is 0. The van der Waals surface area contributed by atoms with Gasteiger partial charge in [-0.3, -0.25) is 13.6 Å². The molecule has 1 rings (SSSR count). The van der Waals surface area contributed by atoms with Crippen LogP contribution in [0.15, 0.2) is 0 Å². The second-order valence-electron chi connectivity index (χ2n) is 4.66. The topological polar surface area (TPSA) is 55.8 Å². The molecular formula is C8H14Cl3O4P. The van der Waals surface area contributed by atoms with Gasteiger partial charge in [-0.05, 0) is 27.7 Å². The molecule has 1 unspecified atom stereocenters. The molecule has 1 fully saturated rings. The second-order valence-corrected chi connectivity index (χ2v) is 8.96. The SMILES string of the molecule is CC1(C)OP(=O)(C(O)C(Cl)(Cl)Cl)OC1(C)C. The lowest BCUT2D eigenvalue weighted by Crippen LogP contribution is -2.41. The zero-order valence-corrected chi connectivity index (χ0v) is 12.5. The van der Waals surface area contributed by atoms with Gasteiger partial charge in [0.2, 0.25) is 9.64 Å². The third kappa shape index (κ3) is 2.54. The van der Waals surface area contributed by atoms with Crippen molar-refractivity contribution in [2.24, 2.45) is 0 Å². The Kier molecular flexibility index (Phi) is 3.75. The van der Waals surface area contributed by atoms with E-state index < -0.39 is 28.4 Å². The van der Waals surface area contributed by atoms with Gasteiger partial charge in [0, 0.05) is 0 Å². The minimum Gasteiger partial charge on any atom is -0.377 e. The Morgan fingerprint density at radius 1 is 1.12 bits per heavy atom. The monoisotopic (exact) mass is 310 g/mol. The first kappa shape index (κ1) is 15.0. The summed E-state index contributed by atoms with van der Waals surface area (Å²) in [5, 5.41) is 9.70. The molecule has 1 heterocycles. The van der Waals surface area contributed by atoms with Gasteiger partial charge < -0.3 is 5.11 Å². The molecule has 1 N–H and O–H groups in total. The summed E-state index contributed by atoms with van der Waals surface area (Å²) in [6, 6.07) is 0. The van der Waals surface area contributed by atoms with Gasteiger partial charge >= 0.3 is 7.60 Å². The van der Waals surface area contributed by atoms with Gasteiger partial charge in [-0.2, -0.15) is 0 Å². The van der Waals surface area contributed by atoms with Crippen molar-refractivity contribution in [3.8, 4) is 0 Å². The first-order valence-corrected chi connectivity index (χ1v) is 7.32. The van der Waals surface area contributed by atoms with E-state index in [1.54, 1.807) is 27.7 Å². The highest BCUT2D eigenvalue weighted by atomic mass is 35.6. The second kappa shape index (κ2) is 3.99. The Bertz CT molecular complexity index is 317. The first-order valence-electron chi connectivity index (χ1n) is 4.58. The average Bonchev–Trinajstić information content (AvgIpc) is 2.13. The highest BCUT2D eigenvalue weighted by Gasteiger charge is 2.61. The van der Waals surface area contributed by atoms with Crippen molar-refractivity contribution in [2.75, 3.05) is 0 Å². The highest BCUT2D eigenvalue weighted by Crippen LogP contribution is 2.69. The van der Waals surface area contributed by atoms with Gasteiger partial charge in [-0.25, -0.2) is 0 Å². The van der Waals surface area contributed by atoms with Crippen molar-refractivity contribution >= 4 is 42.4 Å². The maximum absolute atomic E-state index is 12.2. The molecule has 96 valence electrons. The minimum absolute atomic E-state index is 0.848. The third-order valence-corrected chi connectivity index (χ3v) is 6.24. The van der Waals surface area contributed by atoms with Crippen LogP contribution in [0.5, 0.6) is 0 Å². The summed E-state index contributed by atoms with van der Waals surface area (Å²) in [5.41, 5.74) is -1.70. The fraction of sp³-hybridized carbons (Fsp3) is 1.00. The highest BCUT2D eigenvalue weighted by molar-refractivity contribution is 7.55. The summed E-state index contributed by atoms with van der Waals surface area (Å²) in [4.78, 5) is 0. The summed E-state index contributed by atoms with van der Waals surface area (Å²) in [7, 11) is -3.87. The van der Waals surface area contributed by atoms with Crippen LogP contribution >= 0.6 is 42.4 Å². The Hall–Kier alpha value is 0.980. The molecule has 1 atom stereocenters. The van der Waals surface area contributed by atoms with Gasteiger partial charge in [0.25, 0.3) is 0 Å². The minimum atomic E-state index is -3.87. The molecule has 0 bridgehead atoms. The molecule has 0 saturated carbocycles. The van der Waals surface area contributed by atoms with Crippen molar-refractivity contribution in [3.63, 3.8) is 0 Å². The van der Waals surface area contributed by atoms with Crippen LogP contribution in [0.3, 0.4) is 0 Å². The molecule has 0 aromatic rings. The molecule has 8 heteroatoms. The lowest BCUT2D eigenvalue weighted by Gasteiger charge is -2.29. The van der Waals surface area contributed by atoms with Gasteiger partial charge in [0.1, 0.15) is 11.2 Å². The van der Waals surface area contributed by atoms with Crippen molar-refractivity contribution in [3.05, 3.63) is 0 Å². The molecule has 1 aliphatic heterocycles. The van der Waals surface area contributed by atoms with Crippen molar-refractivity contribution in [2.45, 2.75) is 48.5 Å². The van der Waals surface area contributed by atoms with Crippen molar-refractivity contribution in [1.82, 2.24) is 0 Å². The normalized spacial score (nSPS) is 29.0. The van der Waals surface area contributed by atoms with Gasteiger partial charge in [0.05, 0.1) is 0 Å². The number of aliphatic hydroxyl groups is 1. The summed E-state index contributed by atoms with van der Waals surface area (Å²) >= 11 is 16.5. The zero-order chi connectivity index (χ0) is 13.0. The predicted molar refractivity (Wildman–Crippen MR) is 64.2 cm³/mol. The lowest BCUT2D eigenvalue weighted by atomic mass is 9.90. The van der Waals surface area contributed by atoms with Crippen LogP contribution in [0.2, 0.25) is 0 Å². The molecule has 0 spiro atoms. The van der Waals surface area contributed by atoms with Crippen LogP contribution in [-0.4, -0.2) is 25.9 Å². The molecule has 0 aliphatic carbocycles. The molecule has 0 amide bonds. The molecule has 16 heavy (non-hydrogen) atoms. The van der Waals surface area contributed by atoms with Crippen LogP contribution in [0, 0.1) is 0 Å². The van der Waals surface area contributed by atoms with Crippen LogP contribution in [0.4, 0.5) is 0 Å². The van der Waals surface area contributed by atoms with E-state index in [0.29, 0.717) is 0 Å². The largest absolute Gasteiger partial charge is 0.377 e. The standard InChI is InChI=1S/C8H14Cl3O4P/c1-6(2)7(3,4)15-16(13,14-6)5(12)8(9,10)11/h5,12H,1-4H3. The van der Waals surface area contributed by atoms with E-state index in [-0.39, 0.29) is 0 Å². The van der Waals surface area contributed by atoms with Crippen LogP contribution in [0.1, 0.15) is 27.7 Å². The van der Waals surface area contributed by atoms with Gasteiger partial charge in [-0.1, -0.05) is 34.8 Å². The van der Waals surface area contributed by atoms with E-state index >= 15 is 0 Å². The lowest BCUT2D eigenvalue weighted by molar-refractivity contribution is 0.00578. The smallest absolute Gasteiger partial charge is 0.364 e. The molecule has 0 radical (unpaired) electrons. The van der Waals surface area contributed by atoms with Crippen molar-refractivity contribution in [1.29, 1.82) is 0 Å². The predicted octanol–water partition coefficient (Wildman–Crippen LogP) is 3.47. The van der Waals surface area contributed by atoms with E-state index in [0.717, 1.165) is 0 Å². The number of aliphatic hydroxyl groups excluding tert-OH is 1. The van der Waals surface area contributed by atoms with Gasteiger partial charge in [0.15, 0.2) is 0 Å². The number of hydrogen-bond donors (Lipinski definition) is 1. The van der Waals surface area contributed by atoms with E-state index in [1.165, 1.54) is 0 Å². The number of alkyl halides is 3. The Morgan fingerprint density at radius 2 is 1.44 bits per heavy atom. The van der Waals surface area contributed by atoms with Crippen LogP contribution < -0.4 is 0 Å². The molecule has 0 aromatic heterocycles. The van der Waals surface area contributed by atoms with Gasteiger partial charge in [-0.15, -0.1) is 0 Å². The first-order chi connectivity index (χ1) is 6.82. The molecular weight excluding hydrogens is 297 g/mol. The quantitative estimate of drug-likeness (QED) is 0.595. The fourth-order valence-electron chi connectivity index (χ4n) is 1.15. The maximum atomic E-state index is 12.2. The van der Waals surface area contributed by atoms with E-state index in [2.05, 4.69) is 0 Å². The Morgan fingerprint density at radius 3 is 1.69 bits per heavy atom. The van der Waals surface area contributed by atoms with Crippen LogP contribution in [-0.2, 0) is 13.6 Å². The number of hydrogen-bond acceptors (Lipinski definition) is 4. The van der Waals surface area contributed by atoms with E-state index in [1.807, 2.05) is 0 Å². The van der Waals surface area contributed by atoms with E-state index in [4.69, 9.17) is 43.9 Å². The molecule has 0 aromatic carbocycles. The Balaban J connectivity index is 3.06. The van der Waals surface area contributed by atoms with Crippen molar-refractivity contribution < 1.29 is 18.7 Å². The third-order valence-electron chi connectivity index (χ3n) is 2.75. The summed E-state index contributed by atoms with van der Waals surface area (Å²) in [6.45, 7) is 6.77. The summed E-state index contributed by atoms with van der Waals surface area (Å²) in [5.74, 6) is -1.81. The number of halogens is 3. The average molecular weight is 312 g/mol. The number of rotatable bonds is 1.